The molecule has 2 aliphatic heterocycles. The van der Waals surface area contributed by atoms with Crippen molar-refractivity contribution in [2.45, 2.75) is 51.6 Å². The molecule has 0 aliphatic carbocycles. The highest BCUT2D eigenvalue weighted by molar-refractivity contribution is 5.76. The van der Waals surface area contributed by atoms with Crippen LogP contribution in [0.15, 0.2) is 41.2 Å². The van der Waals surface area contributed by atoms with Gasteiger partial charge >= 0.3 is 0 Å². The number of benzene rings is 1. The van der Waals surface area contributed by atoms with E-state index in [2.05, 4.69) is 15.1 Å². The van der Waals surface area contributed by atoms with Crippen molar-refractivity contribution in [2.75, 3.05) is 26.2 Å². The maximum Gasteiger partial charge on any atom is 0.293 e. The molecule has 0 unspecified atom stereocenters. The molecule has 2 aromatic heterocycles. The largest absolute Gasteiger partial charge is 0.341 e. The summed E-state index contributed by atoms with van der Waals surface area (Å²) in [6.45, 7) is 5.65. The Kier molecular flexibility index (Phi) is 5.78. The zero-order valence-electron chi connectivity index (χ0n) is 18.6. The summed E-state index contributed by atoms with van der Waals surface area (Å²) in [6, 6.07) is 12.1. The van der Waals surface area contributed by atoms with E-state index in [1.165, 1.54) is 37.0 Å². The highest BCUT2D eigenvalue weighted by Gasteiger charge is 2.28. The van der Waals surface area contributed by atoms with Gasteiger partial charge in [0, 0.05) is 24.7 Å². The Hall–Kier alpha value is -3.00. The van der Waals surface area contributed by atoms with Crippen molar-refractivity contribution < 1.29 is 4.79 Å². The number of fused-ring (bicyclic) bond motifs is 1. The first kappa shape index (κ1) is 20.9. The van der Waals surface area contributed by atoms with Crippen molar-refractivity contribution in [1.82, 2.24) is 29.2 Å². The minimum Gasteiger partial charge on any atom is -0.341 e. The monoisotopic (exact) mass is 434 g/mol. The first-order valence-corrected chi connectivity index (χ1v) is 11.6. The van der Waals surface area contributed by atoms with E-state index in [9.17, 15) is 9.59 Å². The lowest BCUT2D eigenvalue weighted by Gasteiger charge is -2.40. The van der Waals surface area contributed by atoms with Crippen molar-refractivity contribution in [3.05, 3.63) is 52.6 Å². The van der Waals surface area contributed by atoms with Crippen LogP contribution in [0.5, 0.6) is 0 Å². The van der Waals surface area contributed by atoms with E-state index in [0.29, 0.717) is 17.4 Å². The molecule has 2 fully saturated rings. The number of nitrogens with zero attached hydrogens (tertiary/aromatic N) is 6. The smallest absolute Gasteiger partial charge is 0.293 e. The number of carbonyl (C=O) groups is 1. The van der Waals surface area contributed by atoms with Gasteiger partial charge in [-0.3, -0.25) is 9.59 Å². The zero-order chi connectivity index (χ0) is 22.1. The standard InChI is InChI=1S/C24H30N6O2/c1-18-25-29(24(32)22-16-21(26-30(18)22)19-8-4-2-5-9-19)17-23(31)28-14-10-20(11-15-28)27-12-6-3-7-13-27/h2,4-5,8-9,16,20H,3,6-7,10-15,17H2,1H3. The molecular formula is C24H30N6O2. The lowest BCUT2D eigenvalue weighted by molar-refractivity contribution is -0.133. The predicted octanol–water partition coefficient (Wildman–Crippen LogP) is 2.34. The lowest BCUT2D eigenvalue weighted by atomic mass is 10.00. The fourth-order valence-corrected chi connectivity index (χ4v) is 5.02. The summed E-state index contributed by atoms with van der Waals surface area (Å²) in [5.41, 5.74) is 1.81. The summed E-state index contributed by atoms with van der Waals surface area (Å²) >= 11 is 0. The fraction of sp³-hybridized carbons (Fsp3) is 0.500. The summed E-state index contributed by atoms with van der Waals surface area (Å²) in [6.07, 6.45) is 5.93. The lowest BCUT2D eigenvalue weighted by Crippen LogP contribution is -2.49. The summed E-state index contributed by atoms with van der Waals surface area (Å²) in [7, 11) is 0. The minimum atomic E-state index is -0.290. The molecule has 1 aromatic carbocycles. The number of rotatable bonds is 4. The highest BCUT2D eigenvalue weighted by Crippen LogP contribution is 2.21. The first-order valence-electron chi connectivity index (χ1n) is 11.6. The van der Waals surface area contributed by atoms with E-state index >= 15 is 0 Å². The quantitative estimate of drug-likeness (QED) is 0.630. The Balaban J connectivity index is 1.30. The van der Waals surface area contributed by atoms with Gasteiger partial charge in [0.25, 0.3) is 5.56 Å². The predicted molar refractivity (Wildman–Crippen MR) is 122 cm³/mol. The number of likely N-dealkylation sites (tertiary alicyclic amines) is 2. The average molecular weight is 435 g/mol. The number of aromatic nitrogens is 4. The molecule has 2 aliphatic rings. The van der Waals surface area contributed by atoms with Crippen LogP contribution in [-0.4, -0.2) is 67.3 Å². The topological polar surface area (TPSA) is 75.7 Å². The van der Waals surface area contributed by atoms with Crippen molar-refractivity contribution in [3.8, 4) is 11.3 Å². The average Bonchev–Trinajstić information content (AvgIpc) is 3.30. The summed E-state index contributed by atoms with van der Waals surface area (Å²) in [4.78, 5) is 30.5. The van der Waals surface area contributed by atoms with Crippen LogP contribution in [0.25, 0.3) is 16.8 Å². The molecule has 8 heteroatoms. The highest BCUT2D eigenvalue weighted by atomic mass is 16.2. The second-order valence-corrected chi connectivity index (χ2v) is 8.91. The molecule has 1 amide bonds. The molecule has 8 nitrogen and oxygen atoms in total. The maximum atomic E-state index is 13.1. The molecule has 168 valence electrons. The van der Waals surface area contributed by atoms with E-state index in [-0.39, 0.29) is 18.0 Å². The molecule has 3 aromatic rings. The number of hydrogen-bond acceptors (Lipinski definition) is 5. The summed E-state index contributed by atoms with van der Waals surface area (Å²) in [5.74, 6) is 0.543. The van der Waals surface area contributed by atoms with E-state index in [4.69, 9.17) is 0 Å². The molecule has 0 bridgehead atoms. The normalized spacial score (nSPS) is 18.3. The SMILES string of the molecule is Cc1nn(CC(=O)N2CCC(N3CCCCC3)CC2)c(=O)c2cc(-c3ccccc3)nn12. The Morgan fingerprint density at radius 1 is 1.00 bits per heavy atom. The third-order valence-electron chi connectivity index (χ3n) is 6.81. The van der Waals surface area contributed by atoms with Gasteiger partial charge < -0.3 is 9.80 Å². The van der Waals surface area contributed by atoms with Gasteiger partial charge in [0.05, 0.1) is 5.69 Å². The number of amides is 1. The van der Waals surface area contributed by atoms with Gasteiger partial charge in [-0.1, -0.05) is 36.8 Å². The molecule has 0 saturated carbocycles. The summed E-state index contributed by atoms with van der Waals surface area (Å²) < 4.78 is 2.86. The molecular weight excluding hydrogens is 404 g/mol. The number of carbonyl (C=O) groups excluding carboxylic acids is 1. The Bertz CT molecular complexity index is 1150. The molecule has 5 rings (SSSR count). The second-order valence-electron chi connectivity index (χ2n) is 8.91. The third-order valence-corrected chi connectivity index (χ3v) is 6.81. The van der Waals surface area contributed by atoms with Crippen LogP contribution in [0.2, 0.25) is 0 Å². The second kappa shape index (κ2) is 8.86. The molecule has 4 heterocycles. The van der Waals surface area contributed by atoms with E-state index in [1.54, 1.807) is 17.5 Å². The van der Waals surface area contributed by atoms with Crippen molar-refractivity contribution >= 4 is 11.4 Å². The Labute approximate surface area is 187 Å². The van der Waals surface area contributed by atoms with Gasteiger partial charge in [0.15, 0.2) is 0 Å². The van der Waals surface area contributed by atoms with Gasteiger partial charge in [0.1, 0.15) is 17.9 Å². The van der Waals surface area contributed by atoms with Crippen LogP contribution in [0.3, 0.4) is 0 Å². The number of aryl methyl sites for hydroxylation is 1. The molecule has 32 heavy (non-hydrogen) atoms. The molecule has 0 N–H and O–H groups in total. The fourth-order valence-electron chi connectivity index (χ4n) is 5.02. The molecule has 2 saturated heterocycles. The maximum absolute atomic E-state index is 13.1. The van der Waals surface area contributed by atoms with Gasteiger partial charge in [-0.15, -0.1) is 0 Å². The van der Waals surface area contributed by atoms with Crippen LogP contribution in [0.1, 0.15) is 37.9 Å². The van der Waals surface area contributed by atoms with Crippen LogP contribution in [0.4, 0.5) is 0 Å². The Morgan fingerprint density at radius 3 is 2.44 bits per heavy atom. The van der Waals surface area contributed by atoms with Crippen molar-refractivity contribution in [1.29, 1.82) is 0 Å². The van der Waals surface area contributed by atoms with Crippen LogP contribution in [-0.2, 0) is 11.3 Å². The van der Waals surface area contributed by atoms with Crippen LogP contribution in [0, 0.1) is 6.92 Å². The van der Waals surface area contributed by atoms with Crippen molar-refractivity contribution in [3.63, 3.8) is 0 Å². The molecule has 0 radical (unpaired) electrons. The zero-order valence-corrected chi connectivity index (χ0v) is 18.6. The molecule has 0 spiro atoms. The van der Waals surface area contributed by atoms with Crippen LogP contribution < -0.4 is 5.56 Å². The number of hydrogen-bond donors (Lipinski definition) is 0. The van der Waals surface area contributed by atoms with Gasteiger partial charge in [-0.25, -0.2) is 9.20 Å². The first-order chi connectivity index (χ1) is 15.6. The van der Waals surface area contributed by atoms with Gasteiger partial charge in [0.2, 0.25) is 5.91 Å². The third kappa shape index (κ3) is 4.07. The van der Waals surface area contributed by atoms with E-state index in [1.807, 2.05) is 35.2 Å². The van der Waals surface area contributed by atoms with E-state index < -0.39 is 0 Å². The van der Waals surface area contributed by atoms with Gasteiger partial charge in [-0.05, 0) is 51.8 Å². The van der Waals surface area contributed by atoms with Crippen LogP contribution >= 0.6 is 0 Å². The van der Waals surface area contributed by atoms with Crippen molar-refractivity contribution in [2.24, 2.45) is 0 Å². The minimum absolute atomic E-state index is 0.0313. The molecule has 0 atom stereocenters. The summed E-state index contributed by atoms with van der Waals surface area (Å²) in [5, 5.41) is 8.93. The Morgan fingerprint density at radius 2 is 1.72 bits per heavy atom. The van der Waals surface area contributed by atoms with Gasteiger partial charge in [-0.2, -0.15) is 10.2 Å². The number of piperidine rings is 2. The van der Waals surface area contributed by atoms with E-state index in [0.717, 1.165) is 37.2 Å².